The number of sulfone groups is 1. The fraction of sp³-hybridized carbons (Fsp3) is 0.278. The van der Waals surface area contributed by atoms with E-state index in [-0.39, 0.29) is 28.4 Å². The smallest absolute Gasteiger partial charge is 0.267 e. The first kappa shape index (κ1) is 19.2. The number of aliphatic imine (C=N–C) groups is 1. The van der Waals surface area contributed by atoms with Crippen molar-refractivity contribution in [2.75, 3.05) is 23.4 Å². The molecule has 2 fully saturated rings. The molecule has 2 atom stereocenters. The Morgan fingerprint density at radius 2 is 2.15 bits per heavy atom. The second-order valence-electron chi connectivity index (χ2n) is 6.13. The highest BCUT2D eigenvalue weighted by Gasteiger charge is 2.48. The summed E-state index contributed by atoms with van der Waals surface area (Å²) in [6.45, 7) is 4.16. The lowest BCUT2D eigenvalue weighted by atomic mass is 10.2. The number of benzene rings is 1. The maximum Gasteiger partial charge on any atom is 0.267 e. The third kappa shape index (κ3) is 4.40. The van der Waals surface area contributed by atoms with Crippen LogP contribution in [0.25, 0.3) is 0 Å². The minimum Gasteiger partial charge on any atom is -0.342 e. The zero-order valence-electron chi connectivity index (χ0n) is 14.4. The molecular weight excluding hydrogens is 384 g/mol. The van der Waals surface area contributed by atoms with Crippen molar-refractivity contribution in [1.29, 1.82) is 5.26 Å². The molecule has 0 aromatic heterocycles. The number of carbonyl (C=O) groups excluding carboxylic acids is 1. The molecule has 2 aliphatic rings. The lowest BCUT2D eigenvalue weighted by Gasteiger charge is -2.22. The molecule has 0 spiro atoms. The number of para-hydroxylation sites is 1. The molecule has 2 heterocycles. The monoisotopic (exact) mass is 402 g/mol. The fourth-order valence-electron chi connectivity index (χ4n) is 2.98. The van der Waals surface area contributed by atoms with Crippen LogP contribution in [0.1, 0.15) is 0 Å². The molecule has 0 saturated carbocycles. The summed E-state index contributed by atoms with van der Waals surface area (Å²) in [5.74, 6) is -0.354. The number of thioether (sulfide) groups is 1. The van der Waals surface area contributed by atoms with Gasteiger partial charge in [-0.15, -0.1) is 6.58 Å². The van der Waals surface area contributed by atoms with Crippen molar-refractivity contribution in [2.45, 2.75) is 11.3 Å². The fourth-order valence-corrected chi connectivity index (χ4v) is 6.92. The number of nitriles is 1. The van der Waals surface area contributed by atoms with Crippen molar-refractivity contribution >= 4 is 38.4 Å². The van der Waals surface area contributed by atoms with Crippen LogP contribution in [0, 0.1) is 11.3 Å². The number of hydrogen-bond donors (Lipinski definition) is 1. The zero-order valence-corrected chi connectivity index (χ0v) is 16.0. The van der Waals surface area contributed by atoms with Gasteiger partial charge in [-0.3, -0.25) is 4.79 Å². The molecule has 140 valence electrons. The Hall–Kier alpha value is -2.57. The first-order valence-corrected chi connectivity index (χ1v) is 10.9. The van der Waals surface area contributed by atoms with Gasteiger partial charge in [0.05, 0.1) is 23.7 Å². The Labute approximate surface area is 162 Å². The van der Waals surface area contributed by atoms with Gasteiger partial charge < -0.3 is 10.2 Å². The second kappa shape index (κ2) is 7.98. The van der Waals surface area contributed by atoms with Crippen LogP contribution >= 0.6 is 11.8 Å². The third-order valence-corrected chi connectivity index (χ3v) is 7.46. The highest BCUT2D eigenvalue weighted by molar-refractivity contribution is 8.15. The van der Waals surface area contributed by atoms with E-state index in [1.807, 2.05) is 17.0 Å². The highest BCUT2D eigenvalue weighted by atomic mass is 32.2. The summed E-state index contributed by atoms with van der Waals surface area (Å²) in [4.78, 5) is 18.4. The average Bonchev–Trinajstić information content (AvgIpc) is 3.09. The molecule has 2 unspecified atom stereocenters. The minimum absolute atomic E-state index is 0.0842. The van der Waals surface area contributed by atoms with E-state index in [9.17, 15) is 18.5 Å². The van der Waals surface area contributed by atoms with Crippen LogP contribution in [0.15, 0.2) is 59.8 Å². The summed E-state index contributed by atoms with van der Waals surface area (Å²) in [7, 11) is -3.05. The van der Waals surface area contributed by atoms with Crippen molar-refractivity contribution in [3.05, 3.63) is 54.8 Å². The van der Waals surface area contributed by atoms with E-state index < -0.39 is 15.7 Å². The number of nitrogens with zero attached hydrogens (tertiary/aromatic N) is 3. The number of anilines is 1. The standard InChI is InChI=1S/C18H18N4O3S2/c1-2-8-22-15-11-27(24,25)12-16(15)26-18(22)20-10-13(9-19)17(23)21-14-6-4-3-5-7-14/h2-7,10,15-16H,1,8,11-12H2,(H,21,23). The first-order chi connectivity index (χ1) is 12.9. The van der Waals surface area contributed by atoms with Gasteiger partial charge >= 0.3 is 0 Å². The Kier molecular flexibility index (Phi) is 5.68. The SMILES string of the molecule is C=CCN1C(=NC=C(C#N)C(=O)Nc2ccccc2)SC2CS(=O)(=O)CC21. The van der Waals surface area contributed by atoms with Crippen LogP contribution in [-0.4, -0.2) is 53.7 Å². The molecule has 3 rings (SSSR count). The maximum atomic E-state index is 12.2. The zero-order chi connectivity index (χ0) is 19.4. The van der Waals surface area contributed by atoms with E-state index >= 15 is 0 Å². The molecule has 7 nitrogen and oxygen atoms in total. The molecule has 0 aliphatic carbocycles. The second-order valence-corrected chi connectivity index (χ2v) is 9.49. The molecule has 0 radical (unpaired) electrons. The molecule has 1 aromatic rings. The van der Waals surface area contributed by atoms with E-state index in [1.165, 1.54) is 18.0 Å². The van der Waals surface area contributed by atoms with Gasteiger partial charge in [0, 0.05) is 17.5 Å². The van der Waals surface area contributed by atoms with Crippen molar-refractivity contribution in [3.63, 3.8) is 0 Å². The number of rotatable bonds is 5. The van der Waals surface area contributed by atoms with Crippen molar-refractivity contribution in [3.8, 4) is 6.07 Å². The van der Waals surface area contributed by atoms with Gasteiger partial charge in [-0.2, -0.15) is 5.26 Å². The number of amidine groups is 1. The summed E-state index contributed by atoms with van der Waals surface area (Å²) >= 11 is 1.36. The van der Waals surface area contributed by atoms with E-state index in [0.29, 0.717) is 17.4 Å². The van der Waals surface area contributed by atoms with Gasteiger partial charge in [-0.05, 0) is 12.1 Å². The number of amides is 1. The van der Waals surface area contributed by atoms with Gasteiger partial charge in [-0.25, -0.2) is 13.4 Å². The van der Waals surface area contributed by atoms with E-state index in [0.717, 1.165) is 0 Å². The minimum atomic E-state index is -3.05. The summed E-state index contributed by atoms with van der Waals surface area (Å²) in [6, 6.07) is 10.5. The molecule has 2 aliphatic heterocycles. The number of hydrogen-bond acceptors (Lipinski definition) is 6. The van der Waals surface area contributed by atoms with Crippen molar-refractivity contribution in [2.24, 2.45) is 4.99 Å². The van der Waals surface area contributed by atoms with Gasteiger partial charge in [0.2, 0.25) is 0 Å². The Balaban J connectivity index is 1.78. The Bertz CT molecular complexity index is 949. The van der Waals surface area contributed by atoms with E-state index in [4.69, 9.17) is 0 Å². The van der Waals surface area contributed by atoms with Gasteiger partial charge in [0.15, 0.2) is 15.0 Å². The molecule has 9 heteroatoms. The molecule has 0 bridgehead atoms. The summed E-state index contributed by atoms with van der Waals surface area (Å²) in [6.07, 6.45) is 2.91. The molecule has 1 amide bonds. The largest absolute Gasteiger partial charge is 0.342 e. The number of carbonyl (C=O) groups is 1. The van der Waals surface area contributed by atoms with E-state index in [1.54, 1.807) is 30.3 Å². The lowest BCUT2D eigenvalue weighted by molar-refractivity contribution is -0.112. The normalized spacial score (nSPS) is 25.1. The first-order valence-electron chi connectivity index (χ1n) is 8.22. The van der Waals surface area contributed by atoms with Gasteiger partial charge in [-0.1, -0.05) is 36.0 Å². The van der Waals surface area contributed by atoms with Crippen molar-refractivity contribution in [1.82, 2.24) is 4.90 Å². The van der Waals surface area contributed by atoms with Crippen LogP contribution in [0.2, 0.25) is 0 Å². The lowest BCUT2D eigenvalue weighted by Crippen LogP contribution is -2.37. The predicted octanol–water partition coefficient (Wildman–Crippen LogP) is 1.79. The topological polar surface area (TPSA) is 103 Å². The molecule has 1 aromatic carbocycles. The molecule has 27 heavy (non-hydrogen) atoms. The van der Waals surface area contributed by atoms with Crippen LogP contribution in [0.5, 0.6) is 0 Å². The Morgan fingerprint density at radius 3 is 2.81 bits per heavy atom. The summed E-state index contributed by atoms with van der Waals surface area (Å²) in [5.41, 5.74) is 0.453. The number of nitrogens with one attached hydrogen (secondary N) is 1. The van der Waals surface area contributed by atoms with Crippen LogP contribution in [0.3, 0.4) is 0 Å². The molecular formula is C18H18N4O3S2. The Morgan fingerprint density at radius 1 is 1.41 bits per heavy atom. The van der Waals surface area contributed by atoms with Gasteiger partial charge in [0.1, 0.15) is 11.6 Å². The summed E-state index contributed by atoms with van der Waals surface area (Å²) in [5, 5.41) is 12.4. The summed E-state index contributed by atoms with van der Waals surface area (Å²) < 4.78 is 23.7. The van der Waals surface area contributed by atoms with Crippen LogP contribution in [-0.2, 0) is 14.6 Å². The average molecular weight is 403 g/mol. The number of fused-ring (bicyclic) bond motifs is 1. The quantitative estimate of drug-likeness (QED) is 0.458. The molecule has 2 saturated heterocycles. The van der Waals surface area contributed by atoms with Crippen LogP contribution in [0.4, 0.5) is 5.69 Å². The van der Waals surface area contributed by atoms with Crippen LogP contribution < -0.4 is 5.32 Å². The van der Waals surface area contributed by atoms with E-state index in [2.05, 4.69) is 16.9 Å². The predicted molar refractivity (Wildman–Crippen MR) is 107 cm³/mol. The molecule has 1 N–H and O–H groups in total. The van der Waals surface area contributed by atoms with Gasteiger partial charge in [0.25, 0.3) is 5.91 Å². The van der Waals surface area contributed by atoms with Crippen molar-refractivity contribution < 1.29 is 13.2 Å². The maximum absolute atomic E-state index is 12.2. The highest BCUT2D eigenvalue weighted by Crippen LogP contribution is 2.38. The third-order valence-electron chi connectivity index (χ3n) is 4.20.